The minimum absolute atomic E-state index is 0.0300. The van der Waals surface area contributed by atoms with Crippen LogP contribution in [0.2, 0.25) is 0 Å². The van der Waals surface area contributed by atoms with Crippen LogP contribution in [0.1, 0.15) is 82.0 Å². The number of carbonyl (C=O) groups excluding carboxylic acids is 4. The third-order valence-corrected chi connectivity index (χ3v) is 11.0. The fraction of sp³-hybridized carbons (Fsp3) is 0.207. The van der Waals surface area contributed by atoms with Crippen LogP contribution >= 0.6 is 0 Å². The molecule has 0 radical (unpaired) electrons. The largest absolute Gasteiger partial charge is 0.494 e. The number of methoxy groups -OCH3 is 2. The van der Waals surface area contributed by atoms with Gasteiger partial charge in [0.05, 0.1) is 49.7 Å². The van der Waals surface area contributed by atoms with E-state index in [4.69, 9.17) is 37.9 Å². The Hall–Kier alpha value is -8.38. The van der Waals surface area contributed by atoms with Crippen LogP contribution < -0.4 is 37.9 Å². The molecule has 12 heteroatoms. The number of hydrogen-bond donors (Lipinski definition) is 0. The molecule has 0 atom stereocenters. The third kappa shape index (κ3) is 13.4. The Labute approximate surface area is 407 Å². The summed E-state index contributed by atoms with van der Waals surface area (Å²) in [4.78, 5) is 53.0. The average Bonchev–Trinajstić information content (AvgIpc) is 3.37. The van der Waals surface area contributed by atoms with E-state index in [1.807, 2.05) is 72.8 Å². The van der Waals surface area contributed by atoms with Crippen molar-refractivity contribution in [3.05, 3.63) is 180 Å². The first-order valence-corrected chi connectivity index (χ1v) is 22.9. The van der Waals surface area contributed by atoms with E-state index in [0.717, 1.165) is 46.6 Å². The number of benzene rings is 7. The fourth-order valence-corrected chi connectivity index (χ4v) is 6.92. The molecule has 7 rings (SSSR count). The van der Waals surface area contributed by atoms with Crippen LogP contribution in [0.15, 0.2) is 158 Å². The molecule has 0 saturated heterocycles. The second-order valence-electron chi connectivity index (χ2n) is 17.0. The quantitative estimate of drug-likeness (QED) is 0.0530. The first-order chi connectivity index (χ1) is 33.8. The summed E-state index contributed by atoms with van der Waals surface area (Å²) >= 11 is 0. The van der Waals surface area contributed by atoms with Gasteiger partial charge >= 0.3 is 23.9 Å². The summed E-state index contributed by atoms with van der Waals surface area (Å²) in [7, 11) is 2.74. The Morgan fingerprint density at radius 2 is 0.671 bits per heavy atom. The maximum Gasteiger partial charge on any atom is 0.343 e. The van der Waals surface area contributed by atoms with Crippen molar-refractivity contribution in [1.82, 2.24) is 0 Å². The Morgan fingerprint density at radius 3 is 1.00 bits per heavy atom. The second-order valence-corrected chi connectivity index (χ2v) is 17.0. The summed E-state index contributed by atoms with van der Waals surface area (Å²) in [5.74, 6) is 0.795. The summed E-state index contributed by atoms with van der Waals surface area (Å²) in [6.45, 7) is 9.96. The van der Waals surface area contributed by atoms with E-state index in [-0.39, 0.29) is 45.3 Å². The molecule has 0 aliphatic carbocycles. The van der Waals surface area contributed by atoms with Crippen LogP contribution in [-0.4, -0.2) is 51.3 Å². The lowest BCUT2D eigenvalue weighted by molar-refractivity contribution is 0.0720. The van der Waals surface area contributed by atoms with Crippen LogP contribution in [0.25, 0.3) is 22.3 Å². The van der Waals surface area contributed by atoms with Crippen LogP contribution in [0, 0.1) is 11.8 Å². The Balaban J connectivity index is 0.919. The average molecular weight is 943 g/mol. The van der Waals surface area contributed by atoms with Gasteiger partial charge in [-0.25, -0.2) is 19.2 Å². The molecule has 0 fully saturated rings. The highest BCUT2D eigenvalue weighted by molar-refractivity contribution is 5.98. The van der Waals surface area contributed by atoms with E-state index < -0.39 is 23.9 Å². The van der Waals surface area contributed by atoms with E-state index in [1.54, 1.807) is 24.3 Å². The zero-order valence-electron chi connectivity index (χ0n) is 39.9. The summed E-state index contributed by atoms with van der Waals surface area (Å²) in [5, 5.41) is 0. The van der Waals surface area contributed by atoms with E-state index in [9.17, 15) is 19.2 Å². The molecular formula is C58H54O12. The summed E-state index contributed by atoms with van der Waals surface area (Å²) < 4.78 is 45.1. The van der Waals surface area contributed by atoms with E-state index in [1.165, 1.54) is 74.9 Å². The lowest BCUT2D eigenvalue weighted by atomic mass is 10.1. The maximum atomic E-state index is 13.4. The van der Waals surface area contributed by atoms with Gasteiger partial charge in [0.2, 0.25) is 0 Å². The van der Waals surface area contributed by atoms with Gasteiger partial charge in [-0.1, -0.05) is 82.3 Å². The highest BCUT2D eigenvalue weighted by Gasteiger charge is 2.21. The maximum absolute atomic E-state index is 13.4. The first kappa shape index (κ1) is 49.5. The first-order valence-electron chi connectivity index (χ1n) is 22.9. The van der Waals surface area contributed by atoms with Gasteiger partial charge in [-0.2, -0.15) is 0 Å². The smallest absolute Gasteiger partial charge is 0.343 e. The molecular weight excluding hydrogens is 889 g/mol. The van der Waals surface area contributed by atoms with Crippen molar-refractivity contribution in [2.45, 2.75) is 40.5 Å². The Bertz CT molecular complexity index is 2710. The molecule has 0 bridgehead atoms. The van der Waals surface area contributed by atoms with Crippen LogP contribution in [0.5, 0.6) is 46.0 Å². The Kier molecular flexibility index (Phi) is 16.7. The molecule has 7 aromatic rings. The van der Waals surface area contributed by atoms with E-state index in [0.29, 0.717) is 36.5 Å². The van der Waals surface area contributed by atoms with Gasteiger partial charge in [-0.15, -0.1) is 0 Å². The second kappa shape index (κ2) is 23.6. The SMILES string of the molecule is COc1cc(C(=O)Oc2ccc(-c3ccc(OCCC(C)C)cc3)cc2)ccc1OC(=O)c1cccc(C(=O)Oc2ccc(C(=O)Oc3ccc(-c4ccc(OCCC(C)C)cc4)cc3)cc2OC)c1. The van der Waals surface area contributed by atoms with Gasteiger partial charge in [-0.05, 0) is 150 Å². The third-order valence-electron chi connectivity index (χ3n) is 11.0. The molecule has 70 heavy (non-hydrogen) atoms. The zero-order chi connectivity index (χ0) is 49.6. The zero-order valence-corrected chi connectivity index (χ0v) is 39.9. The van der Waals surface area contributed by atoms with Crippen molar-refractivity contribution >= 4 is 23.9 Å². The van der Waals surface area contributed by atoms with Crippen molar-refractivity contribution in [2.24, 2.45) is 11.8 Å². The predicted molar refractivity (Wildman–Crippen MR) is 266 cm³/mol. The predicted octanol–water partition coefficient (Wildman–Crippen LogP) is 12.8. The molecule has 12 nitrogen and oxygen atoms in total. The molecule has 0 unspecified atom stereocenters. The van der Waals surface area contributed by atoms with Gasteiger partial charge in [0, 0.05) is 0 Å². The topological polar surface area (TPSA) is 142 Å². The summed E-state index contributed by atoms with van der Waals surface area (Å²) in [6, 6.07) is 44.2. The minimum Gasteiger partial charge on any atom is -0.494 e. The molecule has 0 aliphatic heterocycles. The molecule has 358 valence electrons. The number of rotatable bonds is 20. The lowest BCUT2D eigenvalue weighted by Gasteiger charge is -2.12. The van der Waals surface area contributed by atoms with Gasteiger partial charge in [0.15, 0.2) is 23.0 Å². The summed E-state index contributed by atoms with van der Waals surface area (Å²) in [5.41, 5.74) is 4.24. The monoisotopic (exact) mass is 942 g/mol. The number of esters is 4. The van der Waals surface area contributed by atoms with Crippen LogP contribution in [0.4, 0.5) is 0 Å². The normalized spacial score (nSPS) is 10.9. The van der Waals surface area contributed by atoms with Crippen molar-refractivity contribution in [2.75, 3.05) is 27.4 Å². The fourth-order valence-electron chi connectivity index (χ4n) is 6.92. The molecule has 0 aromatic heterocycles. The van der Waals surface area contributed by atoms with Crippen LogP contribution in [-0.2, 0) is 0 Å². The molecule has 7 aromatic carbocycles. The van der Waals surface area contributed by atoms with Gasteiger partial charge in [0.1, 0.15) is 23.0 Å². The highest BCUT2D eigenvalue weighted by Crippen LogP contribution is 2.33. The number of hydrogen-bond acceptors (Lipinski definition) is 12. The van der Waals surface area contributed by atoms with Crippen molar-refractivity contribution in [3.63, 3.8) is 0 Å². The minimum atomic E-state index is -0.802. The highest BCUT2D eigenvalue weighted by atomic mass is 16.6. The van der Waals surface area contributed by atoms with Gasteiger partial charge in [0.25, 0.3) is 0 Å². The number of ether oxygens (including phenoxy) is 8. The molecule has 0 aliphatic rings. The molecule has 0 heterocycles. The standard InChI is InChI=1S/C58H54O12/c1-37(2)30-32-65-47-20-10-39(11-21-47)41-14-24-49(25-15-41)67-55(59)45-18-28-51(53(35-45)63-5)69-57(61)43-8-7-9-44(34-43)58(62)70-52-29-19-46(36-54(52)64-6)56(60)68-50-26-16-42(17-27-50)40-12-22-48(23-13-40)66-33-31-38(3)4/h7-29,34-38H,30-33H2,1-6H3. The van der Waals surface area contributed by atoms with Crippen molar-refractivity contribution in [1.29, 1.82) is 0 Å². The molecule has 0 N–H and O–H groups in total. The van der Waals surface area contributed by atoms with E-state index >= 15 is 0 Å². The van der Waals surface area contributed by atoms with E-state index in [2.05, 4.69) is 27.7 Å². The van der Waals surface area contributed by atoms with Gasteiger partial charge < -0.3 is 37.9 Å². The van der Waals surface area contributed by atoms with Crippen molar-refractivity contribution < 1.29 is 57.1 Å². The number of carbonyl (C=O) groups is 4. The van der Waals surface area contributed by atoms with Crippen LogP contribution in [0.3, 0.4) is 0 Å². The molecule has 0 amide bonds. The molecule has 0 spiro atoms. The van der Waals surface area contributed by atoms with Crippen molar-refractivity contribution in [3.8, 4) is 68.2 Å². The Morgan fingerprint density at radius 1 is 0.357 bits per heavy atom. The lowest BCUT2D eigenvalue weighted by Crippen LogP contribution is -2.14. The van der Waals surface area contributed by atoms with Gasteiger partial charge in [-0.3, -0.25) is 0 Å². The molecule has 0 saturated carbocycles. The summed E-state index contributed by atoms with van der Waals surface area (Å²) in [6.07, 6.45) is 1.96.